The predicted octanol–water partition coefficient (Wildman–Crippen LogP) is 4.52. The van der Waals surface area contributed by atoms with Gasteiger partial charge in [0.2, 0.25) is 0 Å². The Bertz CT molecular complexity index is 839. The average molecular weight is 334 g/mol. The van der Waals surface area contributed by atoms with Crippen molar-refractivity contribution in [3.05, 3.63) is 29.1 Å². The summed E-state index contributed by atoms with van der Waals surface area (Å²) in [5, 5.41) is 3.10. The summed E-state index contributed by atoms with van der Waals surface area (Å²) in [6.07, 6.45) is -0.536. The summed E-state index contributed by atoms with van der Waals surface area (Å²) in [5.41, 5.74) is 1.83. The zero-order valence-corrected chi connectivity index (χ0v) is 13.9. The zero-order chi connectivity index (χ0) is 15.7. The molecule has 3 aromatic rings. The fraction of sp³-hybridized carbons (Fsp3) is 0.200. The third kappa shape index (κ3) is 2.65. The molecule has 0 atom stereocenters. The van der Waals surface area contributed by atoms with Crippen molar-refractivity contribution in [2.75, 3.05) is 19.5 Å². The van der Waals surface area contributed by atoms with E-state index in [-0.39, 0.29) is 0 Å². The number of methoxy groups -OCH3 is 2. The van der Waals surface area contributed by atoms with Gasteiger partial charge in [-0.15, -0.1) is 11.3 Å². The van der Waals surface area contributed by atoms with Crippen molar-refractivity contribution < 1.29 is 14.3 Å². The van der Waals surface area contributed by atoms with Gasteiger partial charge in [-0.25, -0.2) is 9.78 Å². The summed E-state index contributed by atoms with van der Waals surface area (Å²) in [6.45, 7) is 2.08. The molecule has 0 spiro atoms. The molecule has 1 N–H and O–H groups in total. The van der Waals surface area contributed by atoms with Crippen LogP contribution in [0.4, 0.5) is 9.93 Å². The van der Waals surface area contributed by atoms with Gasteiger partial charge in [0.25, 0.3) is 0 Å². The highest BCUT2D eigenvalue weighted by Gasteiger charge is 2.16. The van der Waals surface area contributed by atoms with Crippen molar-refractivity contribution in [1.29, 1.82) is 0 Å². The Kier molecular flexibility index (Phi) is 4.00. The quantitative estimate of drug-likeness (QED) is 0.765. The maximum atomic E-state index is 11.4. The predicted molar refractivity (Wildman–Crippen MR) is 90.2 cm³/mol. The molecule has 2 heterocycles. The number of aromatic nitrogens is 1. The smallest absolute Gasteiger partial charge is 0.413 e. The molecule has 1 amide bonds. The van der Waals surface area contributed by atoms with Gasteiger partial charge >= 0.3 is 6.09 Å². The van der Waals surface area contributed by atoms with Crippen LogP contribution in [0.1, 0.15) is 4.88 Å². The molecule has 0 radical (unpaired) electrons. The number of rotatable bonds is 3. The Morgan fingerprint density at radius 1 is 1.18 bits per heavy atom. The number of aryl methyl sites for hydroxylation is 1. The number of fused-ring (bicyclic) bond motifs is 1. The van der Waals surface area contributed by atoms with Crippen molar-refractivity contribution in [1.82, 2.24) is 4.98 Å². The lowest BCUT2D eigenvalue weighted by Crippen LogP contribution is -2.10. The third-order valence-corrected chi connectivity index (χ3v) is 5.16. The van der Waals surface area contributed by atoms with E-state index < -0.39 is 6.09 Å². The van der Waals surface area contributed by atoms with Gasteiger partial charge in [0.15, 0.2) is 5.13 Å². The highest BCUT2D eigenvalue weighted by molar-refractivity contribution is 7.23. The highest BCUT2D eigenvalue weighted by Crippen LogP contribution is 2.41. The van der Waals surface area contributed by atoms with Crippen molar-refractivity contribution in [2.45, 2.75) is 6.92 Å². The Hall–Kier alpha value is -2.12. The lowest BCUT2D eigenvalue weighted by atomic mass is 10.1. The number of amides is 1. The van der Waals surface area contributed by atoms with Crippen LogP contribution in [0.3, 0.4) is 0 Å². The Morgan fingerprint density at radius 3 is 2.64 bits per heavy atom. The van der Waals surface area contributed by atoms with Crippen molar-refractivity contribution >= 4 is 44.1 Å². The summed E-state index contributed by atoms with van der Waals surface area (Å²) in [5.74, 6) is 0.682. The van der Waals surface area contributed by atoms with E-state index in [0.29, 0.717) is 10.9 Å². The van der Waals surface area contributed by atoms with Crippen LogP contribution >= 0.6 is 22.7 Å². The summed E-state index contributed by atoms with van der Waals surface area (Å²) < 4.78 is 11.0. The van der Waals surface area contributed by atoms with Crippen LogP contribution in [-0.4, -0.2) is 25.3 Å². The third-order valence-electron chi connectivity index (χ3n) is 3.13. The molecule has 0 unspecified atom stereocenters. The standard InChI is InChI=1S/C15H14N2O3S2/c1-8-4-7-11(21-8)9-5-6-10(19-2)12-13(9)22-14(16-12)17-15(18)20-3/h4-7H,1-3H3,(H,16,17,18). The maximum Gasteiger partial charge on any atom is 0.413 e. The van der Waals surface area contributed by atoms with E-state index in [2.05, 4.69) is 34.1 Å². The molecule has 0 bridgehead atoms. The Balaban J connectivity index is 2.15. The number of anilines is 1. The molecule has 1 aromatic carbocycles. The van der Waals surface area contributed by atoms with Crippen LogP contribution in [0.2, 0.25) is 0 Å². The highest BCUT2D eigenvalue weighted by atomic mass is 32.1. The van der Waals surface area contributed by atoms with E-state index in [1.54, 1.807) is 18.4 Å². The van der Waals surface area contributed by atoms with Crippen LogP contribution < -0.4 is 10.1 Å². The van der Waals surface area contributed by atoms with Gasteiger partial charge in [0.1, 0.15) is 11.3 Å². The minimum Gasteiger partial charge on any atom is -0.494 e. The van der Waals surface area contributed by atoms with Gasteiger partial charge in [0, 0.05) is 15.3 Å². The van der Waals surface area contributed by atoms with Gasteiger partial charge in [-0.2, -0.15) is 0 Å². The van der Waals surface area contributed by atoms with Crippen LogP contribution in [0.15, 0.2) is 24.3 Å². The van der Waals surface area contributed by atoms with Crippen LogP contribution in [0, 0.1) is 6.92 Å². The Morgan fingerprint density at radius 2 is 2.00 bits per heavy atom. The number of thiazole rings is 1. The topological polar surface area (TPSA) is 60.5 Å². The first-order valence-corrected chi connectivity index (χ1v) is 8.15. The first-order chi connectivity index (χ1) is 10.6. The minimum atomic E-state index is -0.536. The monoisotopic (exact) mass is 334 g/mol. The largest absolute Gasteiger partial charge is 0.494 e. The van der Waals surface area contributed by atoms with E-state index >= 15 is 0 Å². The fourth-order valence-corrected chi connectivity index (χ4v) is 4.07. The van der Waals surface area contributed by atoms with Gasteiger partial charge in [-0.05, 0) is 31.2 Å². The fourth-order valence-electron chi connectivity index (χ4n) is 2.11. The number of nitrogens with one attached hydrogen (secondary N) is 1. The molecule has 3 rings (SSSR count). The second-order valence-electron chi connectivity index (χ2n) is 4.54. The van der Waals surface area contributed by atoms with Crippen molar-refractivity contribution in [3.8, 4) is 16.2 Å². The minimum absolute atomic E-state index is 0.487. The van der Waals surface area contributed by atoms with Gasteiger partial charge in [0.05, 0.1) is 18.9 Å². The van der Waals surface area contributed by atoms with E-state index in [9.17, 15) is 4.79 Å². The molecule has 0 aliphatic heterocycles. The number of hydrogen-bond acceptors (Lipinski definition) is 6. The second kappa shape index (κ2) is 5.94. The van der Waals surface area contributed by atoms with E-state index in [0.717, 1.165) is 15.8 Å². The van der Waals surface area contributed by atoms with Crippen LogP contribution in [-0.2, 0) is 4.74 Å². The zero-order valence-electron chi connectivity index (χ0n) is 12.3. The van der Waals surface area contributed by atoms with E-state index in [1.165, 1.54) is 28.2 Å². The number of ether oxygens (including phenoxy) is 2. The molecule has 5 nitrogen and oxygen atoms in total. The average Bonchev–Trinajstić information content (AvgIpc) is 3.12. The molecule has 114 valence electrons. The summed E-state index contributed by atoms with van der Waals surface area (Å²) in [7, 11) is 2.93. The van der Waals surface area contributed by atoms with Crippen LogP contribution in [0.25, 0.3) is 20.7 Å². The SMILES string of the molecule is COC(=O)Nc1nc2c(OC)ccc(-c3ccc(C)s3)c2s1. The molecule has 0 saturated heterocycles. The molecule has 0 fully saturated rings. The Labute approximate surface area is 135 Å². The van der Waals surface area contributed by atoms with Crippen molar-refractivity contribution in [3.63, 3.8) is 0 Å². The maximum absolute atomic E-state index is 11.4. The molecule has 0 aliphatic carbocycles. The molecule has 7 heteroatoms. The lowest BCUT2D eigenvalue weighted by molar-refractivity contribution is 0.187. The van der Waals surface area contributed by atoms with Crippen molar-refractivity contribution in [2.24, 2.45) is 0 Å². The molecule has 0 aliphatic rings. The number of carbonyl (C=O) groups is 1. The molecular formula is C15H14N2O3S2. The van der Waals surface area contributed by atoms with Crippen LogP contribution in [0.5, 0.6) is 5.75 Å². The molecule has 22 heavy (non-hydrogen) atoms. The molecular weight excluding hydrogens is 320 g/mol. The van der Waals surface area contributed by atoms with E-state index in [4.69, 9.17) is 4.74 Å². The number of carbonyl (C=O) groups excluding carboxylic acids is 1. The summed E-state index contributed by atoms with van der Waals surface area (Å²) >= 11 is 3.13. The molecule has 0 saturated carbocycles. The first kappa shape index (κ1) is 14.8. The number of benzene rings is 1. The second-order valence-corrected chi connectivity index (χ2v) is 6.83. The normalized spacial score (nSPS) is 10.7. The number of nitrogens with zero attached hydrogens (tertiary/aromatic N) is 1. The number of thiophene rings is 1. The summed E-state index contributed by atoms with van der Waals surface area (Å²) in [6, 6.07) is 8.10. The van der Waals surface area contributed by atoms with Gasteiger partial charge in [-0.3, -0.25) is 5.32 Å². The summed E-state index contributed by atoms with van der Waals surface area (Å²) in [4.78, 5) is 18.2. The van der Waals surface area contributed by atoms with E-state index in [1.807, 2.05) is 12.1 Å². The van der Waals surface area contributed by atoms with Gasteiger partial charge < -0.3 is 9.47 Å². The first-order valence-electron chi connectivity index (χ1n) is 6.51. The lowest BCUT2D eigenvalue weighted by Gasteiger charge is -2.03. The number of hydrogen-bond donors (Lipinski definition) is 1. The van der Waals surface area contributed by atoms with Gasteiger partial charge in [-0.1, -0.05) is 11.3 Å². The molecule has 2 aromatic heterocycles.